The Labute approximate surface area is 129 Å². The minimum atomic E-state index is -0.394. The number of amides is 1. The average molecular weight is 316 g/mol. The molecular weight excluding hydrogens is 297 g/mol. The van der Waals surface area contributed by atoms with Gasteiger partial charge < -0.3 is 10.4 Å². The topological polar surface area (TPSA) is 49.3 Å². The molecule has 1 amide bonds. The first kappa shape index (κ1) is 15.6. The van der Waals surface area contributed by atoms with E-state index in [0.717, 1.165) is 31.2 Å². The molecule has 0 saturated heterocycles. The van der Waals surface area contributed by atoms with Crippen molar-refractivity contribution in [3.05, 3.63) is 33.8 Å². The summed E-state index contributed by atoms with van der Waals surface area (Å²) in [5.41, 5.74) is 0.591. The van der Waals surface area contributed by atoms with Gasteiger partial charge in [-0.15, -0.1) is 0 Å². The molecule has 2 N–H and O–H groups in total. The summed E-state index contributed by atoms with van der Waals surface area (Å²) in [6.07, 6.45) is 4.86. The molecule has 1 aliphatic carbocycles. The maximum atomic E-state index is 12.0. The van der Waals surface area contributed by atoms with E-state index in [2.05, 4.69) is 5.32 Å². The van der Waals surface area contributed by atoms with E-state index < -0.39 is 5.54 Å². The predicted molar refractivity (Wildman–Crippen MR) is 81.2 cm³/mol. The quantitative estimate of drug-likeness (QED) is 0.875. The fourth-order valence-corrected chi connectivity index (χ4v) is 3.01. The highest BCUT2D eigenvalue weighted by Crippen LogP contribution is 2.29. The molecule has 0 aliphatic heterocycles. The molecular formula is C15H19Cl2NO2. The maximum Gasteiger partial charge on any atom is 0.220 e. The third-order valence-electron chi connectivity index (χ3n) is 3.89. The second-order valence-corrected chi connectivity index (χ2v) is 6.26. The summed E-state index contributed by atoms with van der Waals surface area (Å²) < 4.78 is 0. The molecule has 0 radical (unpaired) electrons. The number of aliphatic hydroxyl groups is 1. The maximum absolute atomic E-state index is 12.0. The summed E-state index contributed by atoms with van der Waals surface area (Å²) >= 11 is 11.8. The lowest BCUT2D eigenvalue weighted by atomic mass is 9.98. The van der Waals surface area contributed by atoms with E-state index >= 15 is 0 Å². The summed E-state index contributed by atoms with van der Waals surface area (Å²) in [4.78, 5) is 12.0. The number of aryl methyl sites for hydroxylation is 1. The van der Waals surface area contributed by atoms with Crippen LogP contribution in [0.5, 0.6) is 0 Å². The number of nitrogens with one attached hydrogen (secondary N) is 1. The zero-order valence-corrected chi connectivity index (χ0v) is 12.8. The van der Waals surface area contributed by atoms with Crippen LogP contribution in [0.2, 0.25) is 10.0 Å². The molecule has 5 heteroatoms. The summed E-state index contributed by atoms with van der Waals surface area (Å²) in [5, 5.41) is 13.5. The lowest BCUT2D eigenvalue weighted by molar-refractivity contribution is -0.123. The van der Waals surface area contributed by atoms with E-state index in [-0.39, 0.29) is 12.5 Å². The molecule has 1 aromatic rings. The summed E-state index contributed by atoms with van der Waals surface area (Å²) in [5.74, 6) is -0.0213. The summed E-state index contributed by atoms with van der Waals surface area (Å²) in [7, 11) is 0. The van der Waals surface area contributed by atoms with Gasteiger partial charge in [0.25, 0.3) is 0 Å². The molecule has 2 rings (SSSR count). The van der Waals surface area contributed by atoms with Crippen LogP contribution in [0.1, 0.15) is 37.7 Å². The molecule has 3 nitrogen and oxygen atoms in total. The van der Waals surface area contributed by atoms with E-state index in [1.807, 2.05) is 6.07 Å². The van der Waals surface area contributed by atoms with Gasteiger partial charge in [0.15, 0.2) is 0 Å². The molecule has 1 fully saturated rings. The van der Waals surface area contributed by atoms with Gasteiger partial charge in [0.2, 0.25) is 5.91 Å². The van der Waals surface area contributed by atoms with Crippen LogP contribution in [0.3, 0.4) is 0 Å². The van der Waals surface area contributed by atoms with Gasteiger partial charge in [-0.05, 0) is 37.0 Å². The van der Waals surface area contributed by atoms with Crippen LogP contribution >= 0.6 is 23.2 Å². The molecule has 1 aliphatic rings. The number of halogens is 2. The number of hydrogen-bond donors (Lipinski definition) is 2. The zero-order chi connectivity index (χ0) is 14.6. The third kappa shape index (κ3) is 3.87. The van der Waals surface area contributed by atoms with Gasteiger partial charge in [0.05, 0.1) is 22.2 Å². The molecule has 1 aromatic carbocycles. The molecule has 110 valence electrons. The van der Waals surface area contributed by atoms with Crippen LogP contribution in [0, 0.1) is 0 Å². The Hall–Kier alpha value is -0.770. The molecule has 20 heavy (non-hydrogen) atoms. The van der Waals surface area contributed by atoms with Crippen LogP contribution in [0.25, 0.3) is 0 Å². The fraction of sp³-hybridized carbons (Fsp3) is 0.533. The number of rotatable bonds is 5. The minimum Gasteiger partial charge on any atom is -0.394 e. The van der Waals surface area contributed by atoms with Crippen LogP contribution in [-0.4, -0.2) is 23.2 Å². The Balaban J connectivity index is 1.87. The Morgan fingerprint density at radius 3 is 2.55 bits per heavy atom. The Kier molecular flexibility index (Phi) is 5.30. The van der Waals surface area contributed by atoms with E-state index in [1.54, 1.807) is 12.1 Å². The average Bonchev–Trinajstić information content (AvgIpc) is 2.89. The largest absolute Gasteiger partial charge is 0.394 e. The van der Waals surface area contributed by atoms with Gasteiger partial charge >= 0.3 is 0 Å². The Morgan fingerprint density at radius 2 is 1.95 bits per heavy atom. The van der Waals surface area contributed by atoms with Gasteiger partial charge in [-0.3, -0.25) is 4.79 Å². The number of hydrogen-bond acceptors (Lipinski definition) is 2. The van der Waals surface area contributed by atoms with E-state index in [1.165, 1.54) is 0 Å². The van der Waals surface area contributed by atoms with Gasteiger partial charge in [-0.1, -0.05) is 42.1 Å². The smallest absolute Gasteiger partial charge is 0.220 e. The lowest BCUT2D eigenvalue weighted by Gasteiger charge is -2.28. The van der Waals surface area contributed by atoms with Crippen LogP contribution in [-0.2, 0) is 11.2 Å². The van der Waals surface area contributed by atoms with Crippen molar-refractivity contribution in [1.29, 1.82) is 0 Å². The predicted octanol–water partition coefficient (Wildman–Crippen LogP) is 3.35. The highest BCUT2D eigenvalue weighted by Gasteiger charge is 2.34. The number of carbonyl (C=O) groups is 1. The van der Waals surface area contributed by atoms with Gasteiger partial charge in [-0.2, -0.15) is 0 Å². The van der Waals surface area contributed by atoms with E-state index in [4.69, 9.17) is 23.2 Å². The summed E-state index contributed by atoms with van der Waals surface area (Å²) in [6, 6.07) is 5.40. The lowest BCUT2D eigenvalue weighted by Crippen LogP contribution is -2.49. The van der Waals surface area contributed by atoms with Crippen molar-refractivity contribution in [3.8, 4) is 0 Å². The molecule has 0 aromatic heterocycles. The van der Waals surface area contributed by atoms with Crippen molar-refractivity contribution < 1.29 is 9.90 Å². The van der Waals surface area contributed by atoms with Crippen LogP contribution in [0.15, 0.2) is 18.2 Å². The van der Waals surface area contributed by atoms with Gasteiger partial charge in [0.1, 0.15) is 0 Å². The Morgan fingerprint density at radius 1 is 1.25 bits per heavy atom. The molecule has 0 spiro atoms. The number of benzene rings is 1. The van der Waals surface area contributed by atoms with Crippen LogP contribution in [0.4, 0.5) is 0 Å². The first-order chi connectivity index (χ1) is 9.54. The monoisotopic (exact) mass is 315 g/mol. The first-order valence-corrected chi connectivity index (χ1v) is 7.66. The highest BCUT2D eigenvalue weighted by atomic mass is 35.5. The van der Waals surface area contributed by atoms with Gasteiger partial charge in [0, 0.05) is 6.42 Å². The van der Waals surface area contributed by atoms with Crippen molar-refractivity contribution in [2.75, 3.05) is 6.61 Å². The second-order valence-electron chi connectivity index (χ2n) is 5.44. The summed E-state index contributed by atoms with van der Waals surface area (Å²) in [6.45, 7) is 0.0194. The zero-order valence-electron chi connectivity index (χ0n) is 11.3. The first-order valence-electron chi connectivity index (χ1n) is 6.90. The van der Waals surface area contributed by atoms with Crippen molar-refractivity contribution in [2.24, 2.45) is 0 Å². The number of aliphatic hydroxyl groups excluding tert-OH is 1. The number of carbonyl (C=O) groups excluding carboxylic acids is 1. The van der Waals surface area contributed by atoms with Crippen molar-refractivity contribution in [3.63, 3.8) is 0 Å². The third-order valence-corrected chi connectivity index (χ3v) is 4.63. The second kappa shape index (κ2) is 6.79. The normalized spacial score (nSPS) is 17.1. The standard InChI is InChI=1S/C15H19Cl2NO2/c16-12-5-3-11(9-13(12)17)4-6-14(20)18-15(10-19)7-1-2-8-15/h3,5,9,19H,1-2,4,6-8,10H2,(H,18,20). The molecule has 0 atom stereocenters. The Bertz CT molecular complexity index is 485. The van der Waals surface area contributed by atoms with Gasteiger partial charge in [-0.25, -0.2) is 0 Å². The van der Waals surface area contributed by atoms with Crippen molar-refractivity contribution in [1.82, 2.24) is 5.32 Å². The van der Waals surface area contributed by atoms with Crippen molar-refractivity contribution >= 4 is 29.1 Å². The fourth-order valence-electron chi connectivity index (χ4n) is 2.69. The van der Waals surface area contributed by atoms with Crippen molar-refractivity contribution in [2.45, 2.75) is 44.1 Å². The SMILES string of the molecule is O=C(CCc1ccc(Cl)c(Cl)c1)NC1(CO)CCCC1. The molecule has 0 unspecified atom stereocenters. The van der Waals surface area contributed by atoms with E-state index in [0.29, 0.717) is 22.9 Å². The molecule has 0 bridgehead atoms. The van der Waals surface area contributed by atoms with E-state index in [9.17, 15) is 9.90 Å². The highest BCUT2D eigenvalue weighted by molar-refractivity contribution is 6.42. The minimum absolute atomic E-state index is 0.0194. The van der Waals surface area contributed by atoms with Crippen LogP contribution < -0.4 is 5.32 Å². The molecule has 1 saturated carbocycles. The molecule has 0 heterocycles.